The molecule has 0 heterocycles. The number of aliphatic hydroxyl groups excluding tert-OH is 1. The lowest BCUT2D eigenvalue weighted by atomic mass is 9.97. The van der Waals surface area contributed by atoms with Crippen LogP contribution in [0.5, 0.6) is 0 Å². The Morgan fingerprint density at radius 1 is 1.47 bits per heavy atom. The van der Waals surface area contributed by atoms with Crippen molar-refractivity contribution in [1.29, 1.82) is 0 Å². The van der Waals surface area contributed by atoms with Gasteiger partial charge in [-0.3, -0.25) is 0 Å². The van der Waals surface area contributed by atoms with Crippen LogP contribution in [0.25, 0.3) is 0 Å². The summed E-state index contributed by atoms with van der Waals surface area (Å²) in [5.74, 6) is 0. The molecule has 0 saturated heterocycles. The first-order valence-corrected chi connectivity index (χ1v) is 8.00. The lowest BCUT2D eigenvalue weighted by Crippen LogP contribution is -2.48. The summed E-state index contributed by atoms with van der Waals surface area (Å²) in [6.45, 7) is 6.72. The van der Waals surface area contributed by atoms with E-state index < -0.39 is 0 Å². The Kier molecular flexibility index (Phi) is 4.93. The third-order valence-electron chi connectivity index (χ3n) is 3.54. The molecule has 2 rings (SSSR count). The van der Waals surface area contributed by atoms with E-state index in [0.717, 1.165) is 6.42 Å². The van der Waals surface area contributed by atoms with Gasteiger partial charge in [0.25, 0.3) is 0 Å². The van der Waals surface area contributed by atoms with Crippen molar-refractivity contribution in [2.24, 2.45) is 0 Å². The highest BCUT2D eigenvalue weighted by molar-refractivity contribution is 7.99. The number of nitrogens with one attached hydrogen (secondary N) is 1. The molecule has 1 fully saturated rings. The Morgan fingerprint density at radius 2 is 2.21 bits per heavy atom. The number of aryl methyl sites for hydroxylation is 1. The summed E-state index contributed by atoms with van der Waals surface area (Å²) in [7, 11) is 0. The van der Waals surface area contributed by atoms with Gasteiger partial charge in [0, 0.05) is 21.7 Å². The van der Waals surface area contributed by atoms with Crippen molar-refractivity contribution < 1.29 is 5.11 Å². The maximum Gasteiger partial charge on any atom is 0.0611 e. The summed E-state index contributed by atoms with van der Waals surface area (Å²) < 4.78 is 0. The lowest BCUT2D eigenvalue weighted by Gasteiger charge is -2.31. The number of rotatable bonds is 7. The van der Waals surface area contributed by atoms with Crippen molar-refractivity contribution in [3.63, 3.8) is 0 Å². The average molecular weight is 279 g/mol. The minimum absolute atomic E-state index is 0.141. The quantitative estimate of drug-likeness (QED) is 0.751. The molecule has 0 bridgehead atoms. The maximum absolute atomic E-state index is 9.65. The van der Waals surface area contributed by atoms with Gasteiger partial charge in [-0.15, -0.1) is 11.8 Å². The van der Waals surface area contributed by atoms with Crippen LogP contribution in [-0.2, 0) is 0 Å². The molecule has 1 aliphatic rings. The molecule has 0 aromatic heterocycles. The summed E-state index contributed by atoms with van der Waals surface area (Å²) in [6, 6.07) is 9.26. The van der Waals surface area contributed by atoms with E-state index in [1.54, 1.807) is 0 Å². The highest BCUT2D eigenvalue weighted by Crippen LogP contribution is 2.31. The molecule has 0 spiro atoms. The molecular formula is C16H25NOS. The highest BCUT2D eigenvalue weighted by Gasteiger charge is 2.33. The van der Waals surface area contributed by atoms with Crippen LogP contribution in [0.4, 0.5) is 0 Å². The van der Waals surface area contributed by atoms with Crippen LogP contribution in [0.1, 0.15) is 38.7 Å². The normalized spacial score (nSPS) is 20.0. The molecule has 3 heteroatoms. The number of benzene rings is 1. The van der Waals surface area contributed by atoms with Crippen molar-refractivity contribution in [1.82, 2.24) is 5.32 Å². The Morgan fingerprint density at radius 3 is 2.79 bits per heavy atom. The van der Waals surface area contributed by atoms with E-state index in [2.05, 4.69) is 50.4 Å². The Bertz CT molecular complexity index is 419. The zero-order valence-electron chi connectivity index (χ0n) is 12.1. The molecule has 106 valence electrons. The van der Waals surface area contributed by atoms with Crippen LogP contribution in [0.3, 0.4) is 0 Å². The summed E-state index contributed by atoms with van der Waals surface area (Å²) in [5, 5.41) is 13.7. The average Bonchev–Trinajstić information content (AvgIpc) is 3.12. The van der Waals surface area contributed by atoms with Crippen molar-refractivity contribution in [2.45, 2.75) is 61.8 Å². The van der Waals surface area contributed by atoms with Crippen LogP contribution in [0, 0.1) is 6.92 Å². The zero-order chi connectivity index (χ0) is 13.9. The monoisotopic (exact) mass is 279 g/mol. The van der Waals surface area contributed by atoms with E-state index in [4.69, 9.17) is 0 Å². The van der Waals surface area contributed by atoms with Crippen LogP contribution >= 0.6 is 11.8 Å². The van der Waals surface area contributed by atoms with Gasteiger partial charge in [0.1, 0.15) is 0 Å². The third kappa shape index (κ3) is 4.83. The fourth-order valence-corrected chi connectivity index (χ4v) is 3.81. The molecule has 1 aliphatic carbocycles. The molecule has 2 atom stereocenters. The summed E-state index contributed by atoms with van der Waals surface area (Å²) in [6.07, 6.45) is 3.50. The number of hydrogen-bond acceptors (Lipinski definition) is 3. The predicted octanol–water partition coefficient (Wildman–Crippen LogP) is 3.37. The molecule has 2 N–H and O–H groups in total. The van der Waals surface area contributed by atoms with Crippen molar-refractivity contribution in [3.8, 4) is 0 Å². The zero-order valence-corrected chi connectivity index (χ0v) is 13.0. The fourth-order valence-electron chi connectivity index (χ4n) is 2.49. The SMILES string of the molecule is Cc1cccc(SC(C)CC(C)(CO)NC2CC2)c1. The first kappa shape index (κ1) is 14.9. The number of hydrogen-bond donors (Lipinski definition) is 2. The molecule has 1 aromatic rings. The molecule has 19 heavy (non-hydrogen) atoms. The van der Waals surface area contributed by atoms with E-state index >= 15 is 0 Å². The maximum atomic E-state index is 9.65. The highest BCUT2D eigenvalue weighted by atomic mass is 32.2. The van der Waals surface area contributed by atoms with E-state index in [1.165, 1.54) is 23.3 Å². The minimum atomic E-state index is -0.141. The molecule has 1 saturated carbocycles. The van der Waals surface area contributed by atoms with Crippen LogP contribution in [-0.4, -0.2) is 28.5 Å². The molecule has 1 aromatic carbocycles. The second-order valence-electron chi connectivity index (χ2n) is 6.09. The number of aliphatic hydroxyl groups is 1. The molecule has 0 amide bonds. The van der Waals surface area contributed by atoms with Crippen LogP contribution in [0.15, 0.2) is 29.2 Å². The molecule has 2 unspecified atom stereocenters. The topological polar surface area (TPSA) is 32.3 Å². The standard InChI is InChI=1S/C16H25NOS/c1-12-5-4-6-15(9-12)19-13(2)10-16(3,11-18)17-14-7-8-14/h4-6,9,13-14,17-18H,7-8,10-11H2,1-3H3. The second kappa shape index (κ2) is 6.29. The Labute approximate surface area is 121 Å². The number of thioether (sulfide) groups is 1. The van der Waals surface area contributed by atoms with E-state index in [0.29, 0.717) is 11.3 Å². The summed E-state index contributed by atoms with van der Waals surface area (Å²) >= 11 is 1.90. The van der Waals surface area contributed by atoms with Crippen LogP contribution in [0.2, 0.25) is 0 Å². The summed E-state index contributed by atoms with van der Waals surface area (Å²) in [5.41, 5.74) is 1.16. The molecular weight excluding hydrogens is 254 g/mol. The Hall–Kier alpha value is -0.510. The fraction of sp³-hybridized carbons (Fsp3) is 0.625. The van der Waals surface area contributed by atoms with Crippen LogP contribution < -0.4 is 5.32 Å². The Balaban J connectivity index is 1.89. The molecule has 0 radical (unpaired) electrons. The van der Waals surface area contributed by atoms with Gasteiger partial charge in [-0.2, -0.15) is 0 Å². The van der Waals surface area contributed by atoms with Gasteiger partial charge < -0.3 is 10.4 Å². The smallest absolute Gasteiger partial charge is 0.0611 e. The van der Waals surface area contributed by atoms with Gasteiger partial charge in [-0.05, 0) is 45.2 Å². The van der Waals surface area contributed by atoms with Crippen molar-refractivity contribution in [3.05, 3.63) is 29.8 Å². The third-order valence-corrected chi connectivity index (χ3v) is 4.64. The van der Waals surface area contributed by atoms with Gasteiger partial charge in [-0.25, -0.2) is 0 Å². The van der Waals surface area contributed by atoms with Crippen molar-refractivity contribution >= 4 is 11.8 Å². The first-order valence-electron chi connectivity index (χ1n) is 7.13. The van der Waals surface area contributed by atoms with Gasteiger partial charge >= 0.3 is 0 Å². The van der Waals surface area contributed by atoms with Crippen molar-refractivity contribution in [2.75, 3.05) is 6.61 Å². The largest absolute Gasteiger partial charge is 0.394 e. The van der Waals surface area contributed by atoms with E-state index in [1.807, 2.05) is 11.8 Å². The predicted molar refractivity (Wildman–Crippen MR) is 82.8 cm³/mol. The van der Waals surface area contributed by atoms with Gasteiger partial charge in [-0.1, -0.05) is 24.6 Å². The molecule has 0 aliphatic heterocycles. The first-order chi connectivity index (χ1) is 9.00. The minimum Gasteiger partial charge on any atom is -0.394 e. The van der Waals surface area contributed by atoms with Gasteiger partial charge in [0.2, 0.25) is 0 Å². The molecule has 2 nitrogen and oxygen atoms in total. The van der Waals surface area contributed by atoms with Gasteiger partial charge in [0.05, 0.1) is 6.61 Å². The lowest BCUT2D eigenvalue weighted by molar-refractivity contribution is 0.164. The summed E-state index contributed by atoms with van der Waals surface area (Å²) in [4.78, 5) is 1.32. The van der Waals surface area contributed by atoms with Gasteiger partial charge in [0.15, 0.2) is 0 Å². The second-order valence-corrected chi connectivity index (χ2v) is 7.60. The van der Waals surface area contributed by atoms with E-state index in [9.17, 15) is 5.11 Å². The van der Waals surface area contributed by atoms with E-state index in [-0.39, 0.29) is 12.1 Å².